The maximum absolute atomic E-state index is 4.98. The van der Waals surface area contributed by atoms with E-state index in [2.05, 4.69) is 24.9 Å². The van der Waals surface area contributed by atoms with Gasteiger partial charge in [0.15, 0.2) is 3.95 Å². The molecule has 0 aliphatic rings. The Morgan fingerprint density at radius 3 is 2.54 bits per heavy atom. The number of hydrogen-bond acceptors (Lipinski definition) is 2. The molecular formula is C10H13NS2. The minimum atomic E-state index is 0.848. The third kappa shape index (κ3) is 2.94. The normalized spacial score (nSPS) is 9.38. The van der Waals surface area contributed by atoms with Crippen molar-refractivity contribution in [1.82, 2.24) is 4.98 Å². The van der Waals surface area contributed by atoms with E-state index in [4.69, 9.17) is 12.2 Å². The van der Waals surface area contributed by atoms with Crippen molar-refractivity contribution < 1.29 is 0 Å². The molecule has 1 nitrogen and oxygen atoms in total. The van der Waals surface area contributed by atoms with E-state index in [1.54, 1.807) is 11.3 Å². The highest BCUT2D eigenvalue weighted by Crippen LogP contribution is 2.17. The Morgan fingerprint density at radius 1 is 1.31 bits per heavy atom. The first-order valence-electron chi connectivity index (χ1n) is 4.35. The number of thiazole rings is 1. The van der Waals surface area contributed by atoms with Crippen LogP contribution in [0.1, 0.15) is 20.3 Å². The Bertz CT molecular complexity index is 378. The molecular weight excluding hydrogens is 198 g/mol. The summed E-state index contributed by atoms with van der Waals surface area (Å²) >= 11 is 6.59. The van der Waals surface area contributed by atoms with Gasteiger partial charge in [0.2, 0.25) is 0 Å². The van der Waals surface area contributed by atoms with Crippen molar-refractivity contribution >= 4 is 33.8 Å². The summed E-state index contributed by atoms with van der Waals surface area (Å²) in [6.07, 6.45) is 1.25. The number of aromatic nitrogens is 1. The number of fused-ring (bicyclic) bond motifs is 1. The van der Waals surface area contributed by atoms with Crippen LogP contribution in [0.15, 0.2) is 24.3 Å². The average Bonchev–Trinajstić information content (AvgIpc) is 2.45. The van der Waals surface area contributed by atoms with Crippen molar-refractivity contribution in [2.75, 3.05) is 0 Å². The topological polar surface area (TPSA) is 15.8 Å². The van der Waals surface area contributed by atoms with Gasteiger partial charge in [-0.3, -0.25) is 0 Å². The first kappa shape index (κ1) is 10.4. The average molecular weight is 211 g/mol. The fraction of sp³-hybridized carbons (Fsp3) is 0.300. The summed E-state index contributed by atoms with van der Waals surface area (Å²) in [5, 5.41) is 0. The lowest BCUT2D eigenvalue weighted by Gasteiger charge is -1.81. The summed E-state index contributed by atoms with van der Waals surface area (Å²) < 4.78 is 2.08. The molecule has 70 valence electrons. The second-order valence-corrected chi connectivity index (χ2v) is 4.44. The van der Waals surface area contributed by atoms with Crippen LogP contribution in [0, 0.1) is 3.95 Å². The van der Waals surface area contributed by atoms with Crippen molar-refractivity contribution in [2.45, 2.75) is 20.3 Å². The zero-order valence-electron chi connectivity index (χ0n) is 7.83. The molecule has 1 aromatic heterocycles. The molecule has 0 fully saturated rings. The predicted molar refractivity (Wildman–Crippen MR) is 63.0 cm³/mol. The molecule has 0 amide bonds. The fourth-order valence-electron chi connectivity index (χ4n) is 0.894. The molecule has 1 heterocycles. The summed E-state index contributed by atoms with van der Waals surface area (Å²) in [7, 11) is 0. The zero-order chi connectivity index (χ0) is 9.68. The lowest BCUT2D eigenvalue weighted by molar-refractivity contribution is 1.09. The second-order valence-electron chi connectivity index (χ2n) is 2.72. The van der Waals surface area contributed by atoms with E-state index in [0.717, 1.165) is 9.47 Å². The molecule has 0 atom stereocenters. The van der Waals surface area contributed by atoms with E-state index in [0.29, 0.717) is 0 Å². The highest BCUT2D eigenvalue weighted by molar-refractivity contribution is 7.73. The first-order valence-corrected chi connectivity index (χ1v) is 5.58. The Hall–Kier alpha value is -0.670. The van der Waals surface area contributed by atoms with Crippen LogP contribution in [-0.2, 0) is 0 Å². The van der Waals surface area contributed by atoms with Crippen molar-refractivity contribution in [1.29, 1.82) is 0 Å². The van der Waals surface area contributed by atoms with Gasteiger partial charge >= 0.3 is 0 Å². The third-order valence-corrected chi connectivity index (χ3v) is 2.54. The van der Waals surface area contributed by atoms with Crippen molar-refractivity contribution in [3.05, 3.63) is 28.2 Å². The summed E-state index contributed by atoms with van der Waals surface area (Å²) in [5.74, 6) is 0. The summed E-state index contributed by atoms with van der Waals surface area (Å²) in [6.45, 7) is 4.25. The van der Waals surface area contributed by atoms with Crippen LogP contribution >= 0.6 is 23.6 Å². The zero-order valence-corrected chi connectivity index (χ0v) is 9.47. The Labute approximate surface area is 87.4 Å². The van der Waals surface area contributed by atoms with Gasteiger partial charge in [0, 0.05) is 0 Å². The van der Waals surface area contributed by atoms with Gasteiger partial charge < -0.3 is 4.98 Å². The van der Waals surface area contributed by atoms with Gasteiger partial charge in [0.25, 0.3) is 0 Å². The van der Waals surface area contributed by atoms with E-state index in [1.165, 1.54) is 11.1 Å². The molecule has 0 unspecified atom stereocenters. The smallest absolute Gasteiger partial charge is 0.159 e. The van der Waals surface area contributed by atoms with Crippen LogP contribution in [0.5, 0.6) is 0 Å². The summed E-state index contributed by atoms with van der Waals surface area (Å²) in [6, 6.07) is 8.11. The largest absolute Gasteiger partial charge is 0.337 e. The molecule has 1 N–H and O–H groups in total. The third-order valence-electron chi connectivity index (χ3n) is 1.33. The second kappa shape index (κ2) is 5.14. The molecule has 3 heteroatoms. The van der Waals surface area contributed by atoms with Gasteiger partial charge in [-0.15, -0.1) is 11.3 Å². The SMILES string of the molecule is CCC.S=c1[nH]c2ccccc2s1. The number of para-hydroxylation sites is 1. The van der Waals surface area contributed by atoms with Gasteiger partial charge in [-0.1, -0.05) is 32.4 Å². The van der Waals surface area contributed by atoms with Crippen LogP contribution in [0.25, 0.3) is 10.2 Å². The van der Waals surface area contributed by atoms with Crippen LogP contribution in [-0.4, -0.2) is 4.98 Å². The first-order chi connectivity index (χ1) is 6.27. The van der Waals surface area contributed by atoms with E-state index in [9.17, 15) is 0 Å². The van der Waals surface area contributed by atoms with E-state index < -0.39 is 0 Å². The number of nitrogens with one attached hydrogen (secondary N) is 1. The maximum atomic E-state index is 4.98. The number of H-pyrrole nitrogens is 1. The molecule has 0 aliphatic heterocycles. The molecule has 0 spiro atoms. The van der Waals surface area contributed by atoms with Crippen LogP contribution in [0.2, 0.25) is 0 Å². The van der Waals surface area contributed by atoms with E-state index in [1.807, 2.05) is 18.2 Å². The minimum absolute atomic E-state index is 0.848. The van der Waals surface area contributed by atoms with Gasteiger partial charge in [-0.25, -0.2) is 0 Å². The van der Waals surface area contributed by atoms with Crippen molar-refractivity contribution in [3.8, 4) is 0 Å². The van der Waals surface area contributed by atoms with Gasteiger partial charge in [0.05, 0.1) is 10.2 Å². The lowest BCUT2D eigenvalue weighted by atomic mass is 10.3. The van der Waals surface area contributed by atoms with Gasteiger partial charge in [-0.2, -0.15) is 0 Å². The quantitative estimate of drug-likeness (QED) is 0.640. The molecule has 1 aromatic carbocycles. The van der Waals surface area contributed by atoms with Crippen LogP contribution < -0.4 is 0 Å². The molecule has 0 bridgehead atoms. The summed E-state index contributed by atoms with van der Waals surface area (Å²) in [4.78, 5) is 3.09. The van der Waals surface area contributed by atoms with Crippen LogP contribution in [0.4, 0.5) is 0 Å². The number of benzene rings is 1. The molecule has 0 aliphatic carbocycles. The van der Waals surface area contributed by atoms with Crippen molar-refractivity contribution in [2.24, 2.45) is 0 Å². The molecule has 2 aromatic rings. The molecule has 2 rings (SSSR count). The van der Waals surface area contributed by atoms with Gasteiger partial charge in [-0.05, 0) is 24.4 Å². The monoisotopic (exact) mass is 211 g/mol. The molecule has 0 saturated heterocycles. The highest BCUT2D eigenvalue weighted by Gasteiger charge is 1.91. The maximum Gasteiger partial charge on any atom is 0.159 e. The summed E-state index contributed by atoms with van der Waals surface area (Å²) in [5.41, 5.74) is 1.14. The predicted octanol–water partition coefficient (Wildman–Crippen LogP) is 4.38. The Morgan fingerprint density at radius 2 is 1.92 bits per heavy atom. The lowest BCUT2D eigenvalue weighted by Crippen LogP contribution is -1.62. The minimum Gasteiger partial charge on any atom is -0.337 e. The standard InChI is InChI=1S/C7H5NS2.C3H8/c9-7-8-5-3-1-2-4-6(5)10-7;1-3-2/h1-4H,(H,8,9);3H2,1-2H3. The molecule has 0 saturated carbocycles. The number of aromatic amines is 1. The Kier molecular flexibility index (Phi) is 4.12. The van der Waals surface area contributed by atoms with E-state index in [-0.39, 0.29) is 0 Å². The van der Waals surface area contributed by atoms with Crippen LogP contribution in [0.3, 0.4) is 0 Å². The number of rotatable bonds is 0. The van der Waals surface area contributed by atoms with Crippen molar-refractivity contribution in [3.63, 3.8) is 0 Å². The van der Waals surface area contributed by atoms with E-state index >= 15 is 0 Å². The molecule has 13 heavy (non-hydrogen) atoms. The number of hydrogen-bond donors (Lipinski definition) is 1. The fourth-order valence-corrected chi connectivity index (χ4v) is 2.01. The molecule has 0 radical (unpaired) electrons. The Balaban J connectivity index is 0.000000251. The highest BCUT2D eigenvalue weighted by atomic mass is 32.1. The van der Waals surface area contributed by atoms with Gasteiger partial charge in [0.1, 0.15) is 0 Å².